The highest BCUT2D eigenvalue weighted by Crippen LogP contribution is 2.02. The van der Waals surface area contributed by atoms with Gasteiger partial charge in [0, 0.05) is 18.8 Å². The van der Waals surface area contributed by atoms with Crippen molar-refractivity contribution >= 4 is 5.91 Å². The van der Waals surface area contributed by atoms with Gasteiger partial charge in [0.25, 0.3) is 0 Å². The molecule has 0 unspecified atom stereocenters. The van der Waals surface area contributed by atoms with Crippen LogP contribution in [-0.2, 0) is 11.3 Å². The molecule has 0 radical (unpaired) electrons. The first-order valence-electron chi connectivity index (χ1n) is 6.09. The zero-order valence-electron chi connectivity index (χ0n) is 10.9. The van der Waals surface area contributed by atoms with Gasteiger partial charge in [0.1, 0.15) is 0 Å². The molecule has 0 aliphatic heterocycles. The molecule has 3 N–H and O–H groups in total. The van der Waals surface area contributed by atoms with Gasteiger partial charge in [0.15, 0.2) is 0 Å². The number of nitrogens with zero attached hydrogens (tertiary/aromatic N) is 2. The molecular formula is C12H22N4O. The Morgan fingerprint density at radius 1 is 1.59 bits per heavy atom. The maximum absolute atomic E-state index is 11.4. The molecule has 1 rings (SSSR count). The Balaban J connectivity index is 2.25. The van der Waals surface area contributed by atoms with Gasteiger partial charge in [-0.1, -0.05) is 6.92 Å². The quantitative estimate of drug-likeness (QED) is 0.718. The van der Waals surface area contributed by atoms with E-state index in [9.17, 15) is 4.79 Å². The van der Waals surface area contributed by atoms with Crippen LogP contribution in [-0.4, -0.2) is 28.3 Å². The highest BCUT2D eigenvalue weighted by atomic mass is 16.2. The fourth-order valence-corrected chi connectivity index (χ4v) is 1.66. The van der Waals surface area contributed by atoms with Gasteiger partial charge >= 0.3 is 0 Å². The van der Waals surface area contributed by atoms with Crippen molar-refractivity contribution in [2.24, 2.45) is 5.73 Å². The second-order valence-corrected chi connectivity index (χ2v) is 4.31. The van der Waals surface area contributed by atoms with E-state index in [1.54, 1.807) is 0 Å². The van der Waals surface area contributed by atoms with E-state index >= 15 is 0 Å². The molecule has 0 bridgehead atoms. The van der Waals surface area contributed by atoms with Crippen LogP contribution in [0.1, 0.15) is 31.2 Å². The molecule has 0 fully saturated rings. The second kappa shape index (κ2) is 6.39. The molecule has 1 atom stereocenters. The minimum Gasteiger partial charge on any atom is -0.355 e. The van der Waals surface area contributed by atoms with Crippen molar-refractivity contribution < 1.29 is 4.79 Å². The lowest BCUT2D eigenvalue weighted by atomic mass is 10.2. The van der Waals surface area contributed by atoms with E-state index in [0.29, 0.717) is 13.0 Å². The average Bonchev–Trinajstić information content (AvgIpc) is 2.62. The summed E-state index contributed by atoms with van der Waals surface area (Å²) in [6.45, 7) is 7.38. The number of carbonyl (C=O) groups is 1. The molecule has 0 saturated heterocycles. The van der Waals surface area contributed by atoms with Crippen molar-refractivity contribution in [3.63, 3.8) is 0 Å². The number of hydrogen-bond donors (Lipinski definition) is 2. The predicted molar refractivity (Wildman–Crippen MR) is 67.6 cm³/mol. The minimum atomic E-state index is -0.385. The van der Waals surface area contributed by atoms with E-state index in [2.05, 4.69) is 10.4 Å². The van der Waals surface area contributed by atoms with Crippen LogP contribution in [0.4, 0.5) is 0 Å². The molecule has 1 heterocycles. The van der Waals surface area contributed by atoms with Crippen LogP contribution in [0.15, 0.2) is 6.07 Å². The first kappa shape index (κ1) is 13.7. The largest absolute Gasteiger partial charge is 0.355 e. The molecule has 17 heavy (non-hydrogen) atoms. The summed E-state index contributed by atoms with van der Waals surface area (Å²) in [5, 5.41) is 7.18. The van der Waals surface area contributed by atoms with Gasteiger partial charge < -0.3 is 11.1 Å². The molecule has 96 valence electrons. The van der Waals surface area contributed by atoms with Crippen molar-refractivity contribution in [1.29, 1.82) is 0 Å². The second-order valence-electron chi connectivity index (χ2n) is 4.31. The van der Waals surface area contributed by atoms with Gasteiger partial charge in [-0.2, -0.15) is 5.10 Å². The maximum Gasteiger partial charge on any atom is 0.236 e. The first-order chi connectivity index (χ1) is 8.04. The van der Waals surface area contributed by atoms with Gasteiger partial charge in [-0.15, -0.1) is 0 Å². The SMILES string of the molecule is CC[C@@H](N)C(=O)NCCCn1nc(C)cc1C. The van der Waals surface area contributed by atoms with Crippen LogP contribution in [0.3, 0.4) is 0 Å². The number of aryl methyl sites for hydroxylation is 3. The summed E-state index contributed by atoms with van der Waals surface area (Å²) in [7, 11) is 0. The van der Waals surface area contributed by atoms with Crippen LogP contribution < -0.4 is 11.1 Å². The normalized spacial score (nSPS) is 12.5. The predicted octanol–water partition coefficient (Wildman–Crippen LogP) is 0.744. The van der Waals surface area contributed by atoms with E-state index < -0.39 is 0 Å². The highest BCUT2D eigenvalue weighted by Gasteiger charge is 2.09. The van der Waals surface area contributed by atoms with E-state index in [0.717, 1.165) is 24.4 Å². The molecule has 0 aromatic carbocycles. The van der Waals surface area contributed by atoms with Gasteiger partial charge in [0.05, 0.1) is 11.7 Å². The molecule has 5 heteroatoms. The third-order valence-electron chi connectivity index (χ3n) is 2.73. The summed E-state index contributed by atoms with van der Waals surface area (Å²) in [4.78, 5) is 11.4. The summed E-state index contributed by atoms with van der Waals surface area (Å²) < 4.78 is 1.96. The Bertz CT molecular complexity index is 373. The van der Waals surface area contributed by atoms with E-state index in [4.69, 9.17) is 5.73 Å². The standard InChI is InChI=1S/C12H22N4O/c1-4-11(13)12(17)14-6-5-7-16-10(3)8-9(2)15-16/h8,11H,4-7,13H2,1-3H3,(H,14,17)/t11-/m1/s1. The molecule has 0 aliphatic carbocycles. The Hall–Kier alpha value is -1.36. The van der Waals surface area contributed by atoms with Gasteiger partial charge in [-0.05, 0) is 32.8 Å². The number of nitrogens with one attached hydrogen (secondary N) is 1. The third kappa shape index (κ3) is 4.19. The average molecular weight is 238 g/mol. The molecular weight excluding hydrogens is 216 g/mol. The van der Waals surface area contributed by atoms with Crippen LogP contribution in [0.2, 0.25) is 0 Å². The zero-order chi connectivity index (χ0) is 12.8. The number of amides is 1. The van der Waals surface area contributed by atoms with Crippen molar-refractivity contribution in [1.82, 2.24) is 15.1 Å². The summed E-state index contributed by atoms with van der Waals surface area (Å²) in [5.41, 5.74) is 7.79. The van der Waals surface area contributed by atoms with E-state index in [1.807, 2.05) is 31.5 Å². The van der Waals surface area contributed by atoms with Crippen LogP contribution in [0.25, 0.3) is 0 Å². The molecule has 1 amide bonds. The lowest BCUT2D eigenvalue weighted by molar-refractivity contribution is -0.122. The Morgan fingerprint density at radius 2 is 2.29 bits per heavy atom. The van der Waals surface area contributed by atoms with Crippen LogP contribution in [0.5, 0.6) is 0 Å². The number of carbonyl (C=O) groups excluding carboxylic acids is 1. The summed E-state index contributed by atoms with van der Waals surface area (Å²) in [6, 6.07) is 1.66. The van der Waals surface area contributed by atoms with Crippen LogP contribution >= 0.6 is 0 Å². The fraction of sp³-hybridized carbons (Fsp3) is 0.667. The van der Waals surface area contributed by atoms with Crippen molar-refractivity contribution in [2.45, 2.75) is 46.2 Å². The monoisotopic (exact) mass is 238 g/mol. The first-order valence-corrected chi connectivity index (χ1v) is 6.09. The summed E-state index contributed by atoms with van der Waals surface area (Å²) in [5.74, 6) is -0.0686. The zero-order valence-corrected chi connectivity index (χ0v) is 10.9. The van der Waals surface area contributed by atoms with Crippen LogP contribution in [0, 0.1) is 13.8 Å². The lowest BCUT2D eigenvalue weighted by Gasteiger charge is -2.10. The smallest absolute Gasteiger partial charge is 0.236 e. The number of rotatable bonds is 6. The van der Waals surface area contributed by atoms with Crippen molar-refractivity contribution in [2.75, 3.05) is 6.54 Å². The minimum absolute atomic E-state index is 0.0686. The van der Waals surface area contributed by atoms with E-state index in [-0.39, 0.29) is 11.9 Å². The fourth-order valence-electron chi connectivity index (χ4n) is 1.66. The molecule has 0 aliphatic rings. The van der Waals surface area contributed by atoms with Crippen molar-refractivity contribution in [3.05, 3.63) is 17.5 Å². The number of hydrogen-bond acceptors (Lipinski definition) is 3. The molecule has 1 aromatic rings. The molecule has 0 spiro atoms. The Labute approximate surface area is 102 Å². The van der Waals surface area contributed by atoms with Gasteiger partial charge in [-0.3, -0.25) is 9.48 Å². The number of nitrogens with two attached hydrogens (primary N) is 1. The van der Waals surface area contributed by atoms with Gasteiger partial charge in [-0.25, -0.2) is 0 Å². The van der Waals surface area contributed by atoms with Gasteiger partial charge in [0.2, 0.25) is 5.91 Å². The van der Waals surface area contributed by atoms with E-state index in [1.165, 1.54) is 0 Å². The number of aromatic nitrogens is 2. The molecule has 5 nitrogen and oxygen atoms in total. The topological polar surface area (TPSA) is 72.9 Å². The summed E-state index contributed by atoms with van der Waals surface area (Å²) >= 11 is 0. The highest BCUT2D eigenvalue weighted by molar-refractivity contribution is 5.81. The maximum atomic E-state index is 11.4. The third-order valence-corrected chi connectivity index (χ3v) is 2.73. The Kier molecular flexibility index (Phi) is 5.15. The molecule has 1 aromatic heterocycles. The molecule has 0 saturated carbocycles. The van der Waals surface area contributed by atoms with Crippen molar-refractivity contribution in [3.8, 4) is 0 Å². The lowest BCUT2D eigenvalue weighted by Crippen LogP contribution is -2.40. The summed E-state index contributed by atoms with van der Waals surface area (Å²) in [6.07, 6.45) is 1.54. The Morgan fingerprint density at radius 3 is 2.82 bits per heavy atom.